The van der Waals surface area contributed by atoms with Crippen molar-refractivity contribution in [3.05, 3.63) is 41.3 Å². The van der Waals surface area contributed by atoms with Crippen LogP contribution in [-0.2, 0) is 20.6 Å². The van der Waals surface area contributed by atoms with Crippen LogP contribution in [0.5, 0.6) is 11.8 Å². The number of fused-ring (bicyclic) bond motifs is 4. The van der Waals surface area contributed by atoms with Gasteiger partial charge in [0.1, 0.15) is 12.2 Å². The molecule has 1 aromatic carbocycles. The summed E-state index contributed by atoms with van der Waals surface area (Å²) in [7, 11) is 12.2. The molecule has 2 aliphatic heterocycles. The molecule has 42 heavy (non-hydrogen) atoms. The van der Waals surface area contributed by atoms with Crippen molar-refractivity contribution < 1.29 is 9.47 Å². The first-order chi connectivity index (χ1) is 20.3. The summed E-state index contributed by atoms with van der Waals surface area (Å²) in [5.41, 5.74) is 6.17. The number of hydrogen-bond donors (Lipinski definition) is 1. The number of hydrogen-bond acceptors (Lipinski definition) is 8. The van der Waals surface area contributed by atoms with Gasteiger partial charge in [0.05, 0.1) is 40.6 Å². The highest BCUT2D eigenvalue weighted by molar-refractivity contribution is 14.2. The zero-order valence-corrected chi connectivity index (χ0v) is 29.2. The highest BCUT2D eigenvalue weighted by atomic mass is 127. The molecule has 2 atom stereocenters. The van der Waals surface area contributed by atoms with Crippen LogP contribution in [0.4, 0.5) is 0 Å². The van der Waals surface area contributed by atoms with Crippen LogP contribution in [-0.4, -0.2) is 79.2 Å². The lowest BCUT2D eigenvalue weighted by Gasteiger charge is -2.23. The van der Waals surface area contributed by atoms with Crippen LogP contribution in [0.2, 0.25) is 0 Å². The van der Waals surface area contributed by atoms with E-state index >= 15 is 0 Å². The maximum absolute atomic E-state index is 6.51. The van der Waals surface area contributed by atoms with Crippen molar-refractivity contribution in [2.45, 2.75) is 38.5 Å². The molecule has 2 aliphatic rings. The van der Waals surface area contributed by atoms with Crippen molar-refractivity contribution in [2.24, 2.45) is 14.1 Å². The lowest BCUT2D eigenvalue weighted by Crippen LogP contribution is -2.34. The number of benzene rings is 1. The van der Waals surface area contributed by atoms with Crippen LogP contribution in [0.15, 0.2) is 24.4 Å². The molecule has 4 aromatic rings. The van der Waals surface area contributed by atoms with E-state index in [4.69, 9.17) is 30.4 Å². The molecule has 10 nitrogen and oxygen atoms in total. The maximum atomic E-state index is 6.51. The molecule has 3 aromatic heterocycles. The van der Waals surface area contributed by atoms with Crippen LogP contribution in [0, 0.1) is 0 Å². The van der Waals surface area contributed by atoms with Crippen molar-refractivity contribution in [1.29, 1.82) is 0 Å². The van der Waals surface area contributed by atoms with E-state index in [2.05, 4.69) is 86.1 Å². The summed E-state index contributed by atoms with van der Waals surface area (Å²) in [5, 5.41) is 18.8. The van der Waals surface area contributed by atoms with Gasteiger partial charge in [0.15, 0.2) is 0 Å². The van der Waals surface area contributed by atoms with Gasteiger partial charge in [0.25, 0.3) is 0 Å². The Bertz CT molecular complexity index is 1550. The number of likely N-dealkylation sites (N-methyl/N-ethyl adjacent to an activating group) is 1. The molecule has 1 fully saturated rings. The number of nitrogens with one attached hydrogen (secondary N) is 1. The molecule has 14 heteroatoms. The molecular formula is C28H37ClIN8O2PS. The molecule has 0 saturated carbocycles. The first-order valence-corrected chi connectivity index (χ1v) is 20.0. The molecule has 226 valence electrons. The quantitative estimate of drug-likeness (QED) is 0.203. The molecule has 5 heterocycles. The molecule has 6 rings (SSSR count). The van der Waals surface area contributed by atoms with Crippen LogP contribution >= 0.6 is 50.1 Å². The summed E-state index contributed by atoms with van der Waals surface area (Å²) in [6, 6.07) is 6.48. The molecule has 0 amide bonds. The number of aromatic nitrogens is 6. The molecule has 1 saturated heterocycles. The Kier molecular flexibility index (Phi) is 10.8. The van der Waals surface area contributed by atoms with Gasteiger partial charge in [-0.2, -0.15) is 10.2 Å². The van der Waals surface area contributed by atoms with E-state index in [0.29, 0.717) is 18.8 Å². The van der Waals surface area contributed by atoms with Crippen molar-refractivity contribution in [1.82, 2.24) is 39.3 Å². The largest absolute Gasteiger partial charge is 0.473 e. The van der Waals surface area contributed by atoms with Crippen LogP contribution < -0.4 is 14.8 Å². The zero-order chi connectivity index (χ0) is 29.8. The summed E-state index contributed by atoms with van der Waals surface area (Å²) in [6.45, 7) is 5.49. The fourth-order valence-corrected chi connectivity index (χ4v) is 7.01. The van der Waals surface area contributed by atoms with Gasteiger partial charge in [-0.3, -0.25) is 9.58 Å². The van der Waals surface area contributed by atoms with Gasteiger partial charge in [-0.25, -0.2) is 9.13 Å². The number of aryl methyl sites for hydroxylation is 2. The third-order valence-electron chi connectivity index (χ3n) is 7.43. The molecular weight excluding hydrogens is 706 g/mol. The molecule has 2 bridgehead atoms. The normalized spacial score (nSPS) is 19.1. The van der Waals surface area contributed by atoms with Crippen molar-refractivity contribution in [2.75, 3.05) is 32.9 Å². The lowest BCUT2D eigenvalue weighted by atomic mass is 10.0. The SMILES string of the molecule is CC1CN(C)Cc2c(c(OC3CCNCC3)nn2C)/C=C/c2nn(PI)c3ccc(cc23)-c2cnn(C)c2O1.CSCl. The number of nitrogens with zero attached hydrogens (tertiary/aromatic N) is 7. The number of rotatable bonds is 3. The Labute approximate surface area is 270 Å². The van der Waals surface area contributed by atoms with E-state index in [1.54, 1.807) is 0 Å². The molecule has 0 radical (unpaired) electrons. The highest BCUT2D eigenvalue weighted by Crippen LogP contribution is 2.37. The summed E-state index contributed by atoms with van der Waals surface area (Å²) >= 11 is 2.38. The summed E-state index contributed by atoms with van der Waals surface area (Å²) in [5.74, 6) is 1.46. The predicted molar refractivity (Wildman–Crippen MR) is 184 cm³/mol. The minimum Gasteiger partial charge on any atom is -0.473 e. The molecule has 0 spiro atoms. The monoisotopic (exact) mass is 742 g/mol. The highest BCUT2D eigenvalue weighted by Gasteiger charge is 2.24. The Hall–Kier alpha value is -1.83. The standard InChI is InChI=1S/C27H34IN8O2P.CH3ClS/c1-17-15-33(2)16-25-20(26(32-34(25)3)38-19-9-11-29-12-10-19)6-7-23-21-13-18(5-8-24(21)36(31-23)39-28)22-14-30-35(4)27(22)37-17;1-3-2/h5-8,13-14,17,19,29,39H,9-12,15-16H2,1-4H3;1H3/b7-6+;. The summed E-state index contributed by atoms with van der Waals surface area (Å²) < 4.78 is 18.8. The van der Waals surface area contributed by atoms with Gasteiger partial charge in [-0.1, -0.05) is 17.0 Å². The Morgan fingerprint density at radius 3 is 2.64 bits per heavy atom. The van der Waals surface area contributed by atoms with Crippen LogP contribution in [0.25, 0.3) is 34.2 Å². The van der Waals surface area contributed by atoms with E-state index in [1.165, 1.54) is 11.0 Å². The minimum absolute atomic E-state index is 0.0470. The number of piperidine rings is 1. The zero-order valence-electron chi connectivity index (χ0n) is 24.5. The van der Waals surface area contributed by atoms with E-state index in [1.807, 2.05) is 35.9 Å². The smallest absolute Gasteiger partial charge is 0.240 e. The molecule has 0 aliphatic carbocycles. The first-order valence-electron chi connectivity index (χ1n) is 13.9. The van der Waals surface area contributed by atoms with E-state index in [9.17, 15) is 0 Å². The minimum atomic E-state index is -0.0470. The van der Waals surface area contributed by atoms with Crippen molar-refractivity contribution in [3.63, 3.8) is 0 Å². The molecule has 2 unspecified atom stereocenters. The Balaban J connectivity index is 0.00000113. The average Bonchev–Trinajstić information content (AvgIpc) is 3.60. The van der Waals surface area contributed by atoms with Gasteiger partial charge in [-0.15, -0.1) is 5.10 Å². The van der Waals surface area contributed by atoms with E-state index < -0.39 is 0 Å². The fourth-order valence-electron chi connectivity index (χ4n) is 5.47. The van der Waals surface area contributed by atoms with Gasteiger partial charge in [0, 0.05) is 32.6 Å². The van der Waals surface area contributed by atoms with Gasteiger partial charge >= 0.3 is 0 Å². The fraction of sp³-hybridized carbons (Fsp3) is 0.464. The van der Waals surface area contributed by atoms with Gasteiger partial charge in [0.2, 0.25) is 11.8 Å². The third kappa shape index (κ3) is 6.94. The van der Waals surface area contributed by atoms with Crippen LogP contribution in [0.3, 0.4) is 0 Å². The number of halogens is 2. The van der Waals surface area contributed by atoms with Gasteiger partial charge in [-0.05, 0) is 109 Å². The second-order valence-corrected chi connectivity index (χ2v) is 13.8. The van der Waals surface area contributed by atoms with E-state index in [0.717, 1.165) is 77.3 Å². The van der Waals surface area contributed by atoms with Crippen molar-refractivity contribution >= 4 is 73.1 Å². The predicted octanol–water partition coefficient (Wildman–Crippen LogP) is 5.98. The summed E-state index contributed by atoms with van der Waals surface area (Å²) in [6.07, 6.45) is 10.5. The topological polar surface area (TPSA) is 87.2 Å². The maximum Gasteiger partial charge on any atom is 0.240 e. The Morgan fingerprint density at radius 2 is 1.90 bits per heavy atom. The first kappa shape index (κ1) is 31.6. The second-order valence-electron chi connectivity index (χ2n) is 10.6. The third-order valence-corrected chi connectivity index (χ3v) is 9.30. The lowest BCUT2D eigenvalue weighted by molar-refractivity contribution is 0.147. The van der Waals surface area contributed by atoms with E-state index in [-0.39, 0.29) is 12.2 Å². The van der Waals surface area contributed by atoms with Gasteiger partial charge < -0.3 is 14.8 Å². The van der Waals surface area contributed by atoms with Crippen LogP contribution in [0.1, 0.15) is 36.7 Å². The second kappa shape index (κ2) is 14.3. The molecule has 1 N–H and O–H groups in total. The summed E-state index contributed by atoms with van der Waals surface area (Å²) in [4.78, 5) is 2.27. The number of ether oxygens (including phenoxy) is 2. The Morgan fingerprint density at radius 1 is 1.14 bits per heavy atom. The van der Waals surface area contributed by atoms with Crippen molar-refractivity contribution in [3.8, 4) is 22.9 Å². The average molecular weight is 743 g/mol.